The van der Waals surface area contributed by atoms with Gasteiger partial charge in [0, 0.05) is 10.7 Å². The van der Waals surface area contributed by atoms with Crippen LogP contribution in [0.1, 0.15) is 12.5 Å². The molecule has 2 aromatic heterocycles. The van der Waals surface area contributed by atoms with E-state index in [9.17, 15) is 9.59 Å². The summed E-state index contributed by atoms with van der Waals surface area (Å²) in [7, 11) is 0. The van der Waals surface area contributed by atoms with Crippen LogP contribution in [0.2, 0.25) is 0 Å². The molecule has 6 heteroatoms. The molecule has 0 aliphatic carbocycles. The standard InChI is InChI=1S/C20H18N2O3S/c1-13(10-14-12-26-18-9-5-2-6-15(14)18)21-19(23)11-22-16-7-3-4-8-17(16)25-20(22)24/h2-9,12-13H,10-11H2,1H3,(H,21,23). The summed E-state index contributed by atoms with van der Waals surface area (Å²) in [5.74, 6) is -0.719. The molecule has 132 valence electrons. The summed E-state index contributed by atoms with van der Waals surface area (Å²) in [5, 5.41) is 6.35. The van der Waals surface area contributed by atoms with Crippen LogP contribution in [0.15, 0.2) is 63.1 Å². The number of fused-ring (bicyclic) bond motifs is 2. The molecule has 1 amide bonds. The Morgan fingerprint density at radius 1 is 1.19 bits per heavy atom. The molecular formula is C20H18N2O3S. The van der Waals surface area contributed by atoms with Crippen molar-refractivity contribution >= 4 is 38.4 Å². The summed E-state index contributed by atoms with van der Waals surface area (Å²) < 4.78 is 7.77. The van der Waals surface area contributed by atoms with Crippen LogP contribution in [0.5, 0.6) is 0 Å². The van der Waals surface area contributed by atoms with Crippen LogP contribution >= 0.6 is 11.3 Å². The maximum absolute atomic E-state index is 12.4. The van der Waals surface area contributed by atoms with E-state index >= 15 is 0 Å². The number of thiophene rings is 1. The Balaban J connectivity index is 1.46. The lowest BCUT2D eigenvalue weighted by molar-refractivity contribution is -0.122. The molecule has 26 heavy (non-hydrogen) atoms. The first-order valence-corrected chi connectivity index (χ1v) is 9.32. The van der Waals surface area contributed by atoms with Gasteiger partial charge in [0.25, 0.3) is 0 Å². The number of nitrogens with zero attached hydrogens (tertiary/aromatic N) is 1. The fourth-order valence-corrected chi connectivity index (χ4v) is 4.18. The predicted octanol–water partition coefficient (Wildman–Crippen LogP) is 3.56. The number of carbonyl (C=O) groups is 1. The van der Waals surface area contributed by atoms with Crippen molar-refractivity contribution in [3.63, 3.8) is 0 Å². The average molecular weight is 366 g/mol. The monoisotopic (exact) mass is 366 g/mol. The van der Waals surface area contributed by atoms with Crippen molar-refractivity contribution in [2.75, 3.05) is 0 Å². The molecule has 0 saturated heterocycles. The van der Waals surface area contributed by atoms with Crippen molar-refractivity contribution in [2.45, 2.75) is 25.9 Å². The summed E-state index contributed by atoms with van der Waals surface area (Å²) in [6.07, 6.45) is 0.747. The Bertz CT molecular complexity index is 1140. The SMILES string of the molecule is CC(Cc1csc2ccccc12)NC(=O)Cn1c(=O)oc2ccccc21. The Kier molecular flexibility index (Phi) is 4.34. The summed E-state index contributed by atoms with van der Waals surface area (Å²) in [6.45, 7) is 1.92. The van der Waals surface area contributed by atoms with Crippen molar-refractivity contribution in [1.82, 2.24) is 9.88 Å². The number of carbonyl (C=O) groups excluding carboxylic acids is 1. The van der Waals surface area contributed by atoms with Crippen molar-refractivity contribution < 1.29 is 9.21 Å². The number of hydrogen-bond acceptors (Lipinski definition) is 4. The van der Waals surface area contributed by atoms with Crippen LogP contribution in [-0.4, -0.2) is 16.5 Å². The first-order chi connectivity index (χ1) is 12.6. The lowest BCUT2D eigenvalue weighted by Gasteiger charge is -2.13. The molecule has 0 fully saturated rings. The quantitative estimate of drug-likeness (QED) is 0.587. The summed E-state index contributed by atoms with van der Waals surface area (Å²) >= 11 is 1.71. The zero-order chi connectivity index (χ0) is 18.1. The Morgan fingerprint density at radius 3 is 2.85 bits per heavy atom. The summed E-state index contributed by atoms with van der Waals surface area (Å²) in [5.41, 5.74) is 2.34. The molecule has 0 radical (unpaired) electrons. The van der Waals surface area contributed by atoms with Gasteiger partial charge in [-0.05, 0) is 47.9 Å². The largest absolute Gasteiger partial charge is 0.420 e. The van der Waals surface area contributed by atoms with E-state index in [0.29, 0.717) is 11.1 Å². The van der Waals surface area contributed by atoms with E-state index in [2.05, 4.69) is 22.8 Å². The molecule has 4 aromatic rings. The second-order valence-corrected chi connectivity index (χ2v) is 7.26. The molecule has 1 unspecified atom stereocenters. The Hall–Kier alpha value is -2.86. The second-order valence-electron chi connectivity index (χ2n) is 6.35. The van der Waals surface area contributed by atoms with E-state index in [-0.39, 0.29) is 18.5 Å². The molecule has 5 nitrogen and oxygen atoms in total. The second kappa shape index (κ2) is 6.80. The van der Waals surface area contributed by atoms with Crippen LogP contribution in [0, 0.1) is 0 Å². The van der Waals surface area contributed by atoms with E-state index in [1.807, 2.05) is 25.1 Å². The number of nitrogens with one attached hydrogen (secondary N) is 1. The van der Waals surface area contributed by atoms with Crippen LogP contribution < -0.4 is 11.1 Å². The number of aromatic nitrogens is 1. The number of para-hydroxylation sites is 2. The highest BCUT2D eigenvalue weighted by atomic mass is 32.1. The van der Waals surface area contributed by atoms with E-state index in [1.165, 1.54) is 20.2 Å². The van der Waals surface area contributed by atoms with Crippen LogP contribution in [0.4, 0.5) is 0 Å². The number of hydrogen-bond donors (Lipinski definition) is 1. The number of amides is 1. The fourth-order valence-electron chi connectivity index (χ4n) is 3.20. The van der Waals surface area contributed by atoms with Gasteiger partial charge in [0.15, 0.2) is 5.58 Å². The van der Waals surface area contributed by atoms with E-state index in [1.54, 1.807) is 29.5 Å². The highest BCUT2D eigenvalue weighted by Gasteiger charge is 2.15. The lowest BCUT2D eigenvalue weighted by atomic mass is 10.1. The van der Waals surface area contributed by atoms with Gasteiger partial charge >= 0.3 is 5.76 Å². The third kappa shape index (κ3) is 3.15. The van der Waals surface area contributed by atoms with Crippen molar-refractivity contribution in [2.24, 2.45) is 0 Å². The van der Waals surface area contributed by atoms with Gasteiger partial charge in [-0.2, -0.15) is 0 Å². The minimum absolute atomic E-state index is 0.0330. The zero-order valence-electron chi connectivity index (χ0n) is 14.3. The number of rotatable bonds is 5. The molecule has 0 aliphatic heterocycles. The Morgan fingerprint density at radius 2 is 1.96 bits per heavy atom. The molecule has 4 rings (SSSR count). The van der Waals surface area contributed by atoms with Crippen LogP contribution in [0.3, 0.4) is 0 Å². The molecule has 0 spiro atoms. The zero-order valence-corrected chi connectivity index (χ0v) is 15.1. The normalized spacial score (nSPS) is 12.5. The molecule has 0 saturated carbocycles. The molecule has 0 bridgehead atoms. The van der Waals surface area contributed by atoms with Crippen LogP contribution in [-0.2, 0) is 17.8 Å². The van der Waals surface area contributed by atoms with E-state index in [4.69, 9.17) is 4.42 Å². The number of benzene rings is 2. The van der Waals surface area contributed by atoms with Crippen LogP contribution in [0.25, 0.3) is 21.2 Å². The fraction of sp³-hybridized carbons (Fsp3) is 0.200. The molecular weight excluding hydrogens is 348 g/mol. The molecule has 2 heterocycles. The van der Waals surface area contributed by atoms with Gasteiger partial charge in [-0.15, -0.1) is 11.3 Å². The average Bonchev–Trinajstić information content (AvgIpc) is 3.16. The Labute approximate surface area is 153 Å². The first kappa shape index (κ1) is 16.6. The third-order valence-corrected chi connectivity index (χ3v) is 5.38. The maximum atomic E-state index is 12.4. The minimum Gasteiger partial charge on any atom is -0.408 e. The van der Waals surface area contributed by atoms with E-state index < -0.39 is 5.76 Å². The summed E-state index contributed by atoms with van der Waals surface area (Å²) in [6, 6.07) is 15.3. The maximum Gasteiger partial charge on any atom is 0.420 e. The van der Waals surface area contributed by atoms with Gasteiger partial charge in [-0.25, -0.2) is 4.79 Å². The highest BCUT2D eigenvalue weighted by molar-refractivity contribution is 7.17. The lowest BCUT2D eigenvalue weighted by Crippen LogP contribution is -2.37. The van der Waals surface area contributed by atoms with Gasteiger partial charge < -0.3 is 9.73 Å². The highest BCUT2D eigenvalue weighted by Crippen LogP contribution is 2.26. The van der Waals surface area contributed by atoms with Gasteiger partial charge in [0.2, 0.25) is 5.91 Å². The molecule has 1 N–H and O–H groups in total. The smallest absolute Gasteiger partial charge is 0.408 e. The van der Waals surface area contributed by atoms with Gasteiger partial charge in [-0.1, -0.05) is 30.3 Å². The first-order valence-electron chi connectivity index (χ1n) is 8.44. The summed E-state index contributed by atoms with van der Waals surface area (Å²) in [4.78, 5) is 24.4. The minimum atomic E-state index is -0.516. The van der Waals surface area contributed by atoms with E-state index in [0.717, 1.165) is 6.42 Å². The van der Waals surface area contributed by atoms with Crippen molar-refractivity contribution in [3.05, 3.63) is 70.0 Å². The van der Waals surface area contributed by atoms with Gasteiger partial charge in [0.1, 0.15) is 6.54 Å². The van der Waals surface area contributed by atoms with Crippen molar-refractivity contribution in [3.8, 4) is 0 Å². The van der Waals surface area contributed by atoms with Gasteiger partial charge in [-0.3, -0.25) is 9.36 Å². The van der Waals surface area contributed by atoms with Crippen molar-refractivity contribution in [1.29, 1.82) is 0 Å². The topological polar surface area (TPSA) is 64.2 Å². The molecule has 0 aliphatic rings. The predicted molar refractivity (Wildman–Crippen MR) is 104 cm³/mol. The van der Waals surface area contributed by atoms with Gasteiger partial charge in [0.05, 0.1) is 5.52 Å². The molecule has 1 atom stereocenters. The number of oxazole rings is 1. The third-order valence-electron chi connectivity index (χ3n) is 4.37. The molecule has 2 aromatic carbocycles.